The number of hydrogen-bond acceptors (Lipinski definition) is 4. The van der Waals surface area contributed by atoms with Gasteiger partial charge in [-0.2, -0.15) is 0 Å². The number of benzene rings is 2. The summed E-state index contributed by atoms with van der Waals surface area (Å²) in [7, 11) is 0. The van der Waals surface area contributed by atoms with Crippen LogP contribution in [0, 0.1) is 6.92 Å². The lowest BCUT2D eigenvalue weighted by molar-refractivity contribution is 0.308. The molecule has 3 nitrogen and oxygen atoms in total. The van der Waals surface area contributed by atoms with Crippen LogP contribution in [-0.2, 0) is 6.61 Å². The first-order chi connectivity index (χ1) is 9.22. The van der Waals surface area contributed by atoms with Gasteiger partial charge in [-0.1, -0.05) is 30.3 Å². The minimum atomic E-state index is 0.514. The smallest absolute Gasteiger partial charge is 0.144 e. The van der Waals surface area contributed by atoms with E-state index in [1.54, 1.807) is 11.3 Å². The summed E-state index contributed by atoms with van der Waals surface area (Å²) >= 11 is 1.64. The van der Waals surface area contributed by atoms with Gasteiger partial charge in [-0.25, -0.2) is 4.98 Å². The van der Waals surface area contributed by atoms with Gasteiger partial charge in [0, 0.05) is 6.07 Å². The van der Waals surface area contributed by atoms with E-state index in [9.17, 15) is 0 Å². The fourth-order valence-corrected chi connectivity index (χ4v) is 2.80. The van der Waals surface area contributed by atoms with E-state index in [1.165, 1.54) is 0 Å². The number of ether oxygens (including phenoxy) is 1. The summed E-state index contributed by atoms with van der Waals surface area (Å²) in [5, 5.41) is 1.04. The molecule has 0 spiro atoms. The Labute approximate surface area is 115 Å². The van der Waals surface area contributed by atoms with Crippen molar-refractivity contribution in [2.45, 2.75) is 13.5 Å². The molecule has 3 aromatic rings. The maximum Gasteiger partial charge on any atom is 0.144 e. The highest BCUT2D eigenvalue weighted by molar-refractivity contribution is 7.18. The predicted octanol–water partition coefficient (Wildman–Crippen LogP) is 3.77. The topological polar surface area (TPSA) is 48.1 Å². The van der Waals surface area contributed by atoms with Crippen LogP contribution in [0.25, 0.3) is 10.2 Å². The second kappa shape index (κ2) is 4.90. The van der Waals surface area contributed by atoms with Crippen molar-refractivity contribution in [1.82, 2.24) is 4.98 Å². The summed E-state index contributed by atoms with van der Waals surface area (Å²) in [6.45, 7) is 2.50. The van der Waals surface area contributed by atoms with Gasteiger partial charge in [0.2, 0.25) is 0 Å². The molecular formula is C15H14N2OS. The molecule has 1 aromatic heterocycles. The van der Waals surface area contributed by atoms with Gasteiger partial charge in [0.1, 0.15) is 12.4 Å². The molecule has 19 heavy (non-hydrogen) atoms. The summed E-state index contributed by atoms with van der Waals surface area (Å²) in [5.74, 6) is 0.696. The Morgan fingerprint density at radius 2 is 2.00 bits per heavy atom. The average molecular weight is 270 g/mol. The maximum absolute atomic E-state index is 6.01. The first kappa shape index (κ1) is 12.0. The minimum absolute atomic E-state index is 0.514. The van der Waals surface area contributed by atoms with Crippen LogP contribution in [0.15, 0.2) is 42.5 Å². The SMILES string of the molecule is Cc1nc2cc(OCc3ccccc3)c(N)cc2s1. The number of rotatable bonds is 3. The van der Waals surface area contributed by atoms with Crippen LogP contribution in [0.4, 0.5) is 5.69 Å². The number of nitrogens with two attached hydrogens (primary N) is 1. The van der Waals surface area contributed by atoms with Crippen LogP contribution in [0.3, 0.4) is 0 Å². The molecule has 3 rings (SSSR count). The Kier molecular flexibility index (Phi) is 3.09. The lowest BCUT2D eigenvalue weighted by Crippen LogP contribution is -1.98. The molecule has 96 valence electrons. The lowest BCUT2D eigenvalue weighted by Gasteiger charge is -2.08. The van der Waals surface area contributed by atoms with Crippen LogP contribution in [0.2, 0.25) is 0 Å². The molecule has 0 aliphatic heterocycles. The first-order valence-electron chi connectivity index (χ1n) is 6.06. The van der Waals surface area contributed by atoms with Crippen LogP contribution in [0.1, 0.15) is 10.6 Å². The Morgan fingerprint density at radius 1 is 1.21 bits per heavy atom. The molecule has 0 saturated heterocycles. The number of aromatic nitrogens is 1. The highest BCUT2D eigenvalue weighted by Gasteiger charge is 2.07. The van der Waals surface area contributed by atoms with Gasteiger partial charge in [0.15, 0.2) is 0 Å². The Morgan fingerprint density at radius 3 is 2.79 bits per heavy atom. The van der Waals surface area contributed by atoms with E-state index in [-0.39, 0.29) is 0 Å². The molecular weight excluding hydrogens is 256 g/mol. The molecule has 0 fully saturated rings. The molecule has 0 unspecified atom stereocenters. The quantitative estimate of drug-likeness (QED) is 0.737. The molecule has 2 aromatic carbocycles. The van der Waals surface area contributed by atoms with E-state index in [4.69, 9.17) is 10.5 Å². The van der Waals surface area contributed by atoms with Gasteiger partial charge in [-0.05, 0) is 18.6 Å². The number of aryl methyl sites for hydroxylation is 1. The van der Waals surface area contributed by atoms with Crippen molar-refractivity contribution >= 4 is 27.2 Å². The number of hydrogen-bond donors (Lipinski definition) is 1. The highest BCUT2D eigenvalue weighted by Crippen LogP contribution is 2.31. The third-order valence-electron chi connectivity index (χ3n) is 2.86. The first-order valence-corrected chi connectivity index (χ1v) is 6.87. The Balaban J connectivity index is 1.86. The molecule has 0 bridgehead atoms. The Hall–Kier alpha value is -2.07. The molecule has 0 atom stereocenters. The zero-order valence-corrected chi connectivity index (χ0v) is 11.4. The van der Waals surface area contributed by atoms with Gasteiger partial charge in [0.25, 0.3) is 0 Å². The summed E-state index contributed by atoms with van der Waals surface area (Å²) in [4.78, 5) is 4.45. The van der Waals surface area contributed by atoms with Gasteiger partial charge in [0.05, 0.1) is 20.9 Å². The van der Waals surface area contributed by atoms with E-state index in [1.807, 2.05) is 49.4 Å². The summed E-state index contributed by atoms with van der Waals surface area (Å²) < 4.78 is 6.88. The zero-order chi connectivity index (χ0) is 13.2. The molecule has 0 amide bonds. The van der Waals surface area contributed by atoms with E-state index in [0.29, 0.717) is 18.0 Å². The average Bonchev–Trinajstić information content (AvgIpc) is 2.76. The van der Waals surface area contributed by atoms with Crippen LogP contribution in [-0.4, -0.2) is 4.98 Å². The van der Waals surface area contributed by atoms with Crippen LogP contribution in [0.5, 0.6) is 5.75 Å². The highest BCUT2D eigenvalue weighted by atomic mass is 32.1. The molecule has 2 N–H and O–H groups in total. The molecule has 0 aliphatic carbocycles. The van der Waals surface area contributed by atoms with E-state index >= 15 is 0 Å². The van der Waals surface area contributed by atoms with Crippen molar-refractivity contribution in [2.75, 3.05) is 5.73 Å². The van der Waals surface area contributed by atoms with Gasteiger partial charge < -0.3 is 10.5 Å². The van der Waals surface area contributed by atoms with Crippen LogP contribution >= 0.6 is 11.3 Å². The molecule has 0 aliphatic rings. The minimum Gasteiger partial charge on any atom is -0.487 e. The molecule has 0 radical (unpaired) electrons. The number of nitrogen functional groups attached to an aromatic ring is 1. The Bertz CT molecular complexity index is 707. The third kappa shape index (κ3) is 2.53. The maximum atomic E-state index is 6.01. The molecule has 1 heterocycles. The van der Waals surface area contributed by atoms with Crippen molar-refractivity contribution in [2.24, 2.45) is 0 Å². The number of nitrogens with zero attached hydrogens (tertiary/aromatic N) is 1. The predicted molar refractivity (Wildman–Crippen MR) is 79.5 cm³/mol. The van der Waals surface area contributed by atoms with Gasteiger partial charge in [-0.3, -0.25) is 0 Å². The number of fused-ring (bicyclic) bond motifs is 1. The van der Waals surface area contributed by atoms with Crippen molar-refractivity contribution in [1.29, 1.82) is 0 Å². The standard InChI is InChI=1S/C15H14N2OS/c1-10-17-13-8-14(12(16)7-15(13)19-10)18-9-11-5-3-2-4-6-11/h2-8H,9,16H2,1H3. The lowest BCUT2D eigenvalue weighted by atomic mass is 10.2. The fourth-order valence-electron chi connectivity index (χ4n) is 1.95. The summed E-state index contributed by atoms with van der Waals surface area (Å²) in [6.07, 6.45) is 0. The van der Waals surface area contributed by atoms with Crippen molar-refractivity contribution in [3.05, 3.63) is 53.0 Å². The van der Waals surface area contributed by atoms with E-state index in [2.05, 4.69) is 4.98 Å². The molecule has 0 saturated carbocycles. The largest absolute Gasteiger partial charge is 0.487 e. The monoisotopic (exact) mass is 270 g/mol. The van der Waals surface area contributed by atoms with Crippen molar-refractivity contribution in [3.63, 3.8) is 0 Å². The number of anilines is 1. The normalized spacial score (nSPS) is 10.8. The summed E-state index contributed by atoms with van der Waals surface area (Å²) in [6, 6.07) is 13.9. The summed E-state index contributed by atoms with van der Waals surface area (Å²) in [5.41, 5.74) is 8.74. The second-order valence-electron chi connectivity index (χ2n) is 4.36. The fraction of sp³-hybridized carbons (Fsp3) is 0.133. The van der Waals surface area contributed by atoms with Gasteiger partial charge in [-0.15, -0.1) is 11.3 Å². The zero-order valence-electron chi connectivity index (χ0n) is 10.6. The van der Waals surface area contributed by atoms with E-state index < -0.39 is 0 Å². The molecule has 4 heteroatoms. The van der Waals surface area contributed by atoms with Crippen molar-refractivity contribution in [3.8, 4) is 5.75 Å². The van der Waals surface area contributed by atoms with Crippen LogP contribution < -0.4 is 10.5 Å². The second-order valence-corrected chi connectivity index (χ2v) is 5.60. The van der Waals surface area contributed by atoms with E-state index in [0.717, 1.165) is 20.8 Å². The van der Waals surface area contributed by atoms with Crippen molar-refractivity contribution < 1.29 is 4.74 Å². The number of thiazole rings is 1. The third-order valence-corrected chi connectivity index (χ3v) is 3.80. The van der Waals surface area contributed by atoms with Gasteiger partial charge >= 0.3 is 0 Å².